The predicted molar refractivity (Wildman–Crippen MR) is 109 cm³/mol. The van der Waals surface area contributed by atoms with Crippen LogP contribution in [0.2, 0.25) is 0 Å². The van der Waals surface area contributed by atoms with Gasteiger partial charge in [-0.1, -0.05) is 13.8 Å². The van der Waals surface area contributed by atoms with Crippen LogP contribution in [-0.4, -0.2) is 36.9 Å². The molecule has 164 valence electrons. The van der Waals surface area contributed by atoms with E-state index >= 15 is 0 Å². The Kier molecular flexibility index (Phi) is 5.50. The summed E-state index contributed by atoms with van der Waals surface area (Å²) >= 11 is 0. The molecule has 1 heterocycles. The average molecular weight is 407 g/mol. The van der Waals surface area contributed by atoms with Gasteiger partial charge in [0.2, 0.25) is 0 Å². The Morgan fingerprint density at radius 1 is 0.966 bits per heavy atom. The van der Waals surface area contributed by atoms with Crippen molar-refractivity contribution in [3.8, 4) is 0 Å². The van der Waals surface area contributed by atoms with Gasteiger partial charge in [0.1, 0.15) is 12.2 Å². The van der Waals surface area contributed by atoms with Gasteiger partial charge in [-0.05, 0) is 74.0 Å². The van der Waals surface area contributed by atoms with Gasteiger partial charge in [0.15, 0.2) is 0 Å². The zero-order chi connectivity index (χ0) is 21.0. The van der Waals surface area contributed by atoms with E-state index in [0.29, 0.717) is 23.7 Å². The van der Waals surface area contributed by atoms with Gasteiger partial charge in [0.25, 0.3) is 0 Å². The molecule has 0 aromatic carbocycles. The number of ether oxygens (including phenoxy) is 3. The predicted octanol–water partition coefficient (Wildman–Crippen LogP) is 4.52. The summed E-state index contributed by atoms with van der Waals surface area (Å²) < 4.78 is 17.6. The zero-order valence-corrected chi connectivity index (χ0v) is 18.7. The maximum Gasteiger partial charge on any atom is 0.302 e. The van der Waals surface area contributed by atoms with Crippen molar-refractivity contribution in [2.45, 2.75) is 97.9 Å². The van der Waals surface area contributed by atoms with Gasteiger partial charge in [-0.3, -0.25) is 9.59 Å². The number of hydrogen-bond donors (Lipinski definition) is 0. The summed E-state index contributed by atoms with van der Waals surface area (Å²) in [6.07, 6.45) is 7.88. The van der Waals surface area contributed by atoms with Gasteiger partial charge in [-0.15, -0.1) is 0 Å². The quantitative estimate of drug-likeness (QED) is 0.645. The summed E-state index contributed by atoms with van der Waals surface area (Å²) in [4.78, 5) is 22.9. The summed E-state index contributed by atoms with van der Waals surface area (Å²) in [6, 6.07) is 0. The molecule has 3 saturated carbocycles. The molecule has 5 nitrogen and oxygen atoms in total. The summed E-state index contributed by atoms with van der Waals surface area (Å²) in [6.45, 7) is 10.8. The Bertz CT molecular complexity index is 662. The fourth-order valence-electron chi connectivity index (χ4n) is 8.00. The Balaban J connectivity index is 1.50. The lowest BCUT2D eigenvalue weighted by molar-refractivity contribution is -0.216. The topological polar surface area (TPSA) is 61.8 Å². The molecule has 29 heavy (non-hydrogen) atoms. The molecule has 3 aliphatic carbocycles. The molecule has 0 aromatic heterocycles. The van der Waals surface area contributed by atoms with Crippen LogP contribution in [0.15, 0.2) is 0 Å². The molecule has 4 aliphatic rings. The van der Waals surface area contributed by atoms with Gasteiger partial charge in [-0.25, -0.2) is 0 Å². The van der Waals surface area contributed by atoms with Gasteiger partial charge in [0.05, 0.1) is 12.7 Å². The third-order valence-electron chi connectivity index (χ3n) is 9.32. The van der Waals surface area contributed by atoms with Crippen molar-refractivity contribution >= 4 is 11.9 Å². The van der Waals surface area contributed by atoms with Crippen LogP contribution in [0, 0.1) is 34.5 Å². The molecule has 1 saturated heterocycles. The number of carbonyl (C=O) groups is 2. The van der Waals surface area contributed by atoms with Crippen molar-refractivity contribution < 1.29 is 23.8 Å². The molecule has 5 heteroatoms. The molecule has 9 atom stereocenters. The normalized spacial score (nSPS) is 47.3. The highest BCUT2D eigenvalue weighted by atomic mass is 16.5. The highest BCUT2D eigenvalue weighted by Gasteiger charge is 2.61. The van der Waals surface area contributed by atoms with Crippen LogP contribution >= 0.6 is 0 Å². The van der Waals surface area contributed by atoms with Crippen molar-refractivity contribution in [3.63, 3.8) is 0 Å². The van der Waals surface area contributed by atoms with Crippen molar-refractivity contribution in [3.05, 3.63) is 0 Å². The fraction of sp³-hybridized carbons (Fsp3) is 0.917. The molecule has 1 aliphatic heterocycles. The number of fused-ring (bicyclic) bond motifs is 5. The van der Waals surface area contributed by atoms with Crippen LogP contribution in [-0.2, 0) is 23.8 Å². The summed E-state index contributed by atoms with van der Waals surface area (Å²) in [5.41, 5.74) is 0.415. The monoisotopic (exact) mass is 406 g/mol. The Morgan fingerprint density at radius 3 is 2.34 bits per heavy atom. The van der Waals surface area contributed by atoms with Crippen LogP contribution < -0.4 is 0 Å². The molecule has 0 bridgehead atoms. The number of hydrogen-bond acceptors (Lipinski definition) is 5. The van der Waals surface area contributed by atoms with Gasteiger partial charge < -0.3 is 14.2 Å². The van der Waals surface area contributed by atoms with E-state index in [2.05, 4.69) is 20.8 Å². The molecular formula is C24H38O5. The molecule has 0 radical (unpaired) electrons. The second-order valence-electron chi connectivity index (χ2n) is 10.8. The van der Waals surface area contributed by atoms with Crippen LogP contribution in [0.25, 0.3) is 0 Å². The highest BCUT2D eigenvalue weighted by molar-refractivity contribution is 5.66. The van der Waals surface area contributed by atoms with Crippen LogP contribution in [0.4, 0.5) is 0 Å². The molecule has 4 rings (SSSR count). The Hall–Kier alpha value is -1.10. The van der Waals surface area contributed by atoms with Crippen molar-refractivity contribution in [1.29, 1.82) is 0 Å². The third-order valence-corrected chi connectivity index (χ3v) is 9.32. The molecular weight excluding hydrogens is 368 g/mol. The van der Waals surface area contributed by atoms with E-state index in [1.165, 1.54) is 33.1 Å². The zero-order valence-electron chi connectivity index (χ0n) is 18.7. The van der Waals surface area contributed by atoms with Crippen molar-refractivity contribution in [2.75, 3.05) is 6.61 Å². The first-order valence-electron chi connectivity index (χ1n) is 11.6. The number of carbonyl (C=O) groups excluding carboxylic acids is 2. The SMILES string of the molecule is CC(=O)O[C@H]1CC[C@@]2(C)[C@@H](C1)OC[C@@H]1[C@@H]2CC[C@]2(C)[C@@H]([C@@H](C)OC(C)=O)CC[C@@H]12. The van der Waals surface area contributed by atoms with E-state index < -0.39 is 0 Å². The van der Waals surface area contributed by atoms with E-state index in [-0.39, 0.29) is 41.1 Å². The smallest absolute Gasteiger partial charge is 0.302 e. The highest BCUT2D eigenvalue weighted by Crippen LogP contribution is 2.65. The van der Waals surface area contributed by atoms with Crippen molar-refractivity contribution in [2.24, 2.45) is 34.5 Å². The van der Waals surface area contributed by atoms with E-state index in [1.54, 1.807) is 0 Å². The van der Waals surface area contributed by atoms with E-state index in [4.69, 9.17) is 14.2 Å². The lowest BCUT2D eigenvalue weighted by Gasteiger charge is -2.60. The Morgan fingerprint density at radius 2 is 1.66 bits per heavy atom. The van der Waals surface area contributed by atoms with E-state index in [0.717, 1.165) is 32.3 Å². The van der Waals surface area contributed by atoms with Crippen LogP contribution in [0.3, 0.4) is 0 Å². The fourth-order valence-corrected chi connectivity index (χ4v) is 8.00. The molecule has 0 unspecified atom stereocenters. The lowest BCUT2D eigenvalue weighted by atomic mass is 9.49. The number of rotatable bonds is 3. The number of esters is 2. The van der Waals surface area contributed by atoms with Gasteiger partial charge in [-0.2, -0.15) is 0 Å². The molecule has 0 amide bonds. The van der Waals surface area contributed by atoms with Crippen LogP contribution in [0.5, 0.6) is 0 Å². The standard InChI is InChI=1S/C24H38O5/c1-14(28-15(2)25)19-6-7-20-18-13-27-22-12-17(29-16(3)26)8-10-24(22,5)21(18)9-11-23(19,20)4/h14,17-22H,6-13H2,1-5H3/t14-,17+,18+,19-,20+,21+,22-,23-,24-/m1/s1. The van der Waals surface area contributed by atoms with Crippen molar-refractivity contribution in [1.82, 2.24) is 0 Å². The maximum absolute atomic E-state index is 11.5. The second-order valence-corrected chi connectivity index (χ2v) is 10.8. The molecule has 0 spiro atoms. The van der Waals surface area contributed by atoms with Gasteiger partial charge in [0, 0.05) is 26.2 Å². The lowest BCUT2D eigenvalue weighted by Crippen LogP contribution is -2.59. The summed E-state index contributed by atoms with van der Waals surface area (Å²) in [7, 11) is 0. The summed E-state index contributed by atoms with van der Waals surface area (Å²) in [5, 5.41) is 0. The first-order valence-corrected chi connectivity index (χ1v) is 11.6. The molecule has 4 fully saturated rings. The minimum Gasteiger partial charge on any atom is -0.463 e. The largest absolute Gasteiger partial charge is 0.463 e. The van der Waals surface area contributed by atoms with Gasteiger partial charge >= 0.3 is 11.9 Å². The minimum atomic E-state index is -0.181. The van der Waals surface area contributed by atoms with Crippen LogP contribution in [0.1, 0.15) is 79.6 Å². The molecule has 0 aromatic rings. The Labute approximate surface area is 175 Å². The first-order chi connectivity index (χ1) is 13.6. The third kappa shape index (κ3) is 3.51. The first kappa shape index (κ1) is 21.1. The average Bonchev–Trinajstić information content (AvgIpc) is 2.98. The second kappa shape index (κ2) is 7.55. The summed E-state index contributed by atoms with van der Waals surface area (Å²) in [5.74, 6) is 2.02. The molecule has 0 N–H and O–H groups in total. The van der Waals surface area contributed by atoms with E-state index in [1.807, 2.05) is 0 Å². The van der Waals surface area contributed by atoms with E-state index in [9.17, 15) is 9.59 Å². The minimum absolute atomic E-state index is 0.00828. The maximum atomic E-state index is 11.5.